The standard InChI is InChI=1S/C23H22N3O3S2/c27-20(24-11-3-6-16-5-1-2-8-18(16)24)15-26-19-10-14-31-21(19)22(28)25(23(26)29)12-9-17-7-4-13-30-17/h1-2,4-5,7-8,10,13-14,21H,3,6,9,11-12,15H2/q+1. The highest BCUT2D eigenvalue weighted by atomic mass is 32.2. The second-order valence-corrected chi connectivity index (χ2v) is 9.76. The Bertz CT molecular complexity index is 1110. The molecule has 0 spiro atoms. The molecule has 0 fully saturated rings. The molecule has 0 saturated heterocycles. The summed E-state index contributed by atoms with van der Waals surface area (Å²) in [6.07, 6.45) is 4.26. The maximum atomic E-state index is 13.3. The van der Waals surface area contributed by atoms with Crippen molar-refractivity contribution in [1.29, 1.82) is 0 Å². The van der Waals surface area contributed by atoms with Crippen molar-refractivity contribution in [2.75, 3.05) is 24.5 Å². The molecule has 3 aliphatic heterocycles. The number of imide groups is 1. The van der Waals surface area contributed by atoms with E-state index in [0.29, 0.717) is 25.2 Å². The molecule has 1 aromatic heterocycles. The van der Waals surface area contributed by atoms with E-state index in [-0.39, 0.29) is 18.4 Å². The van der Waals surface area contributed by atoms with Crippen LogP contribution in [0, 0.1) is 0 Å². The molecule has 3 aliphatic rings. The zero-order valence-corrected chi connectivity index (χ0v) is 18.5. The Hall–Kier alpha value is -2.71. The highest BCUT2D eigenvalue weighted by Gasteiger charge is 2.49. The zero-order valence-electron chi connectivity index (χ0n) is 16.9. The van der Waals surface area contributed by atoms with Gasteiger partial charge in [0.05, 0.1) is 0 Å². The number of hydrogen-bond donors (Lipinski definition) is 0. The fraction of sp³-hybridized carbons (Fsp3) is 0.304. The van der Waals surface area contributed by atoms with Crippen molar-refractivity contribution in [3.05, 3.63) is 63.7 Å². The van der Waals surface area contributed by atoms with Crippen LogP contribution in [0.3, 0.4) is 0 Å². The molecule has 0 aliphatic carbocycles. The van der Waals surface area contributed by atoms with Gasteiger partial charge >= 0.3 is 11.9 Å². The summed E-state index contributed by atoms with van der Waals surface area (Å²) >= 11 is 3.00. The van der Waals surface area contributed by atoms with Crippen molar-refractivity contribution in [3.8, 4) is 0 Å². The molecule has 1 atom stereocenters. The number of anilines is 1. The minimum Gasteiger partial charge on any atom is -0.309 e. The first-order valence-electron chi connectivity index (χ1n) is 10.4. The molecular weight excluding hydrogens is 430 g/mol. The third kappa shape index (κ3) is 3.74. The predicted octanol–water partition coefficient (Wildman–Crippen LogP) is 3.31. The lowest BCUT2D eigenvalue weighted by Crippen LogP contribution is -2.57. The van der Waals surface area contributed by atoms with E-state index in [0.717, 1.165) is 29.0 Å². The van der Waals surface area contributed by atoms with Crippen LogP contribution in [0.2, 0.25) is 0 Å². The Morgan fingerprint density at radius 3 is 2.87 bits per heavy atom. The monoisotopic (exact) mass is 452 g/mol. The molecule has 8 heteroatoms. The number of thiophene rings is 1. The van der Waals surface area contributed by atoms with E-state index in [2.05, 4.69) is 0 Å². The number of para-hydroxylation sites is 1. The number of urea groups is 1. The molecule has 6 nitrogen and oxygen atoms in total. The van der Waals surface area contributed by atoms with Gasteiger partial charge in [-0.2, -0.15) is 14.3 Å². The van der Waals surface area contributed by atoms with Gasteiger partial charge in [-0.1, -0.05) is 24.3 Å². The number of hydrogen-bond acceptors (Lipinski definition) is 5. The van der Waals surface area contributed by atoms with Crippen LogP contribution in [-0.2, 0) is 22.4 Å². The SMILES string of the molecule is O=C1C2SC=CC2=[N+](CC(=O)N2CCCc3ccccc32)C(=O)N1CCc1cccs1. The topological polar surface area (TPSA) is 60.7 Å². The summed E-state index contributed by atoms with van der Waals surface area (Å²) < 4.78 is 1.50. The molecule has 0 N–H and O–H groups in total. The van der Waals surface area contributed by atoms with Crippen LogP contribution in [0.15, 0.2) is 53.3 Å². The maximum absolute atomic E-state index is 13.3. The fourth-order valence-corrected chi connectivity index (χ4v) is 5.97. The fourth-order valence-electron chi connectivity index (χ4n) is 4.31. The lowest BCUT2D eigenvalue weighted by Gasteiger charge is -2.30. The van der Waals surface area contributed by atoms with Gasteiger partial charge < -0.3 is 4.90 Å². The first-order valence-corrected chi connectivity index (χ1v) is 12.2. The van der Waals surface area contributed by atoms with Crippen molar-refractivity contribution in [2.24, 2.45) is 0 Å². The smallest absolute Gasteiger partial charge is 0.309 e. The first-order chi connectivity index (χ1) is 15.1. The van der Waals surface area contributed by atoms with Crippen LogP contribution in [0.4, 0.5) is 10.5 Å². The van der Waals surface area contributed by atoms with Gasteiger partial charge in [0.25, 0.3) is 5.91 Å². The Morgan fingerprint density at radius 1 is 1.16 bits per heavy atom. The van der Waals surface area contributed by atoms with Crippen LogP contribution >= 0.6 is 23.1 Å². The molecule has 1 unspecified atom stereocenters. The number of benzene rings is 1. The number of aryl methyl sites for hydroxylation is 1. The molecule has 0 radical (unpaired) electrons. The summed E-state index contributed by atoms with van der Waals surface area (Å²) in [5.41, 5.74) is 2.69. The third-order valence-electron chi connectivity index (χ3n) is 5.85. The highest BCUT2D eigenvalue weighted by molar-refractivity contribution is 8.04. The Labute approximate surface area is 188 Å². The van der Waals surface area contributed by atoms with Crippen LogP contribution in [-0.4, -0.2) is 57.9 Å². The van der Waals surface area contributed by atoms with Crippen molar-refractivity contribution >= 4 is 52.3 Å². The first kappa shape index (κ1) is 20.2. The van der Waals surface area contributed by atoms with E-state index < -0.39 is 11.3 Å². The van der Waals surface area contributed by atoms with E-state index in [9.17, 15) is 14.4 Å². The number of fused-ring (bicyclic) bond motifs is 2. The minimum atomic E-state index is -0.456. The van der Waals surface area contributed by atoms with Gasteiger partial charge in [0, 0.05) is 23.5 Å². The predicted molar refractivity (Wildman–Crippen MR) is 123 cm³/mol. The average molecular weight is 453 g/mol. The quantitative estimate of drug-likeness (QED) is 0.653. The largest absolute Gasteiger partial charge is 0.501 e. The van der Waals surface area contributed by atoms with Gasteiger partial charge in [0.15, 0.2) is 11.8 Å². The second-order valence-electron chi connectivity index (χ2n) is 7.71. The van der Waals surface area contributed by atoms with Gasteiger partial charge in [-0.15, -0.1) is 23.1 Å². The van der Waals surface area contributed by atoms with E-state index in [1.807, 2.05) is 47.2 Å². The number of amides is 4. The summed E-state index contributed by atoms with van der Waals surface area (Å²) in [5.74, 6) is -0.317. The summed E-state index contributed by atoms with van der Waals surface area (Å²) in [6, 6.07) is 11.5. The van der Waals surface area contributed by atoms with E-state index in [1.54, 1.807) is 22.3 Å². The van der Waals surface area contributed by atoms with Gasteiger partial charge in [-0.3, -0.25) is 4.79 Å². The number of allylic oxidation sites excluding steroid dienone is 1. The highest BCUT2D eigenvalue weighted by Crippen LogP contribution is 2.29. The molecule has 0 bridgehead atoms. The average Bonchev–Trinajstić information content (AvgIpc) is 3.48. The zero-order chi connectivity index (χ0) is 21.4. The molecule has 4 amide bonds. The van der Waals surface area contributed by atoms with Crippen molar-refractivity contribution < 1.29 is 19.0 Å². The number of carbonyl (C=O) groups excluding carboxylic acids is 3. The minimum absolute atomic E-state index is 0.0628. The van der Waals surface area contributed by atoms with Crippen LogP contribution in [0.5, 0.6) is 0 Å². The van der Waals surface area contributed by atoms with Gasteiger partial charge in [-0.05, 0) is 47.4 Å². The summed E-state index contributed by atoms with van der Waals surface area (Å²) in [4.78, 5) is 43.8. The van der Waals surface area contributed by atoms with Gasteiger partial charge in [-0.25, -0.2) is 4.79 Å². The van der Waals surface area contributed by atoms with Crippen LogP contribution in [0.25, 0.3) is 0 Å². The molecule has 2 aromatic rings. The van der Waals surface area contributed by atoms with Crippen molar-refractivity contribution in [1.82, 2.24) is 4.90 Å². The van der Waals surface area contributed by atoms with Crippen LogP contribution in [0.1, 0.15) is 16.9 Å². The second kappa shape index (κ2) is 8.43. The summed E-state index contributed by atoms with van der Waals surface area (Å²) in [7, 11) is 0. The van der Waals surface area contributed by atoms with Crippen LogP contribution < -0.4 is 4.90 Å². The van der Waals surface area contributed by atoms with Gasteiger partial charge in [0.2, 0.25) is 0 Å². The third-order valence-corrected chi connectivity index (χ3v) is 7.80. The Morgan fingerprint density at radius 2 is 2.03 bits per heavy atom. The normalized spacial score (nSPS) is 20.3. The van der Waals surface area contributed by atoms with Crippen molar-refractivity contribution in [3.63, 3.8) is 0 Å². The molecule has 158 valence electrons. The lowest BCUT2D eigenvalue weighted by atomic mass is 10.0. The summed E-state index contributed by atoms with van der Waals surface area (Å²) in [6.45, 7) is 0.898. The van der Waals surface area contributed by atoms with E-state index >= 15 is 0 Å². The number of rotatable bonds is 5. The molecular formula is C23H22N3O3S2+. The number of nitrogens with zero attached hydrogens (tertiary/aromatic N) is 3. The lowest BCUT2D eigenvalue weighted by molar-refractivity contribution is -0.426. The van der Waals surface area contributed by atoms with E-state index in [4.69, 9.17) is 0 Å². The molecule has 5 rings (SSSR count). The van der Waals surface area contributed by atoms with E-state index in [1.165, 1.54) is 21.2 Å². The molecule has 1 aromatic carbocycles. The summed E-state index contributed by atoms with van der Waals surface area (Å²) in [5, 5.41) is 3.36. The number of carbonyl (C=O) groups is 3. The Kier molecular flexibility index (Phi) is 5.50. The maximum Gasteiger partial charge on any atom is 0.501 e. The Balaban J connectivity index is 1.40. The van der Waals surface area contributed by atoms with Gasteiger partial charge in [0.1, 0.15) is 12.3 Å². The number of thioether (sulfide) groups is 1. The molecule has 4 heterocycles. The van der Waals surface area contributed by atoms with Crippen molar-refractivity contribution in [2.45, 2.75) is 24.5 Å². The molecule has 31 heavy (non-hydrogen) atoms. The molecule has 0 saturated carbocycles.